The molecular formula is C21H25FN6O. The third kappa shape index (κ3) is 3.64. The van der Waals surface area contributed by atoms with Crippen molar-refractivity contribution < 1.29 is 9.50 Å². The van der Waals surface area contributed by atoms with Crippen LogP contribution in [0.1, 0.15) is 51.0 Å². The molecule has 0 spiro atoms. The summed E-state index contributed by atoms with van der Waals surface area (Å²) in [6.45, 7) is 0. The first-order chi connectivity index (χ1) is 14.2. The molecule has 2 saturated carbocycles. The summed E-state index contributed by atoms with van der Waals surface area (Å²) in [6.07, 6.45) is 8.25. The van der Waals surface area contributed by atoms with Gasteiger partial charge in [0.05, 0.1) is 18.0 Å². The van der Waals surface area contributed by atoms with Gasteiger partial charge in [0.1, 0.15) is 11.3 Å². The Morgan fingerprint density at radius 2 is 1.83 bits per heavy atom. The number of aliphatic hydroxyl groups excluding tert-OH is 1. The zero-order valence-corrected chi connectivity index (χ0v) is 16.2. The summed E-state index contributed by atoms with van der Waals surface area (Å²) in [5.74, 6) is 0.867. The van der Waals surface area contributed by atoms with Crippen LogP contribution in [-0.2, 0) is 0 Å². The van der Waals surface area contributed by atoms with Crippen molar-refractivity contribution in [2.45, 2.75) is 63.1 Å². The molecule has 2 fully saturated rings. The Hall–Kier alpha value is -2.74. The fourth-order valence-corrected chi connectivity index (χ4v) is 4.13. The number of imidazole rings is 1. The number of hydrogen-bond donors (Lipinski definition) is 3. The van der Waals surface area contributed by atoms with Crippen LogP contribution in [0.5, 0.6) is 0 Å². The van der Waals surface area contributed by atoms with Crippen molar-refractivity contribution in [1.82, 2.24) is 19.5 Å². The van der Waals surface area contributed by atoms with Crippen molar-refractivity contribution in [1.29, 1.82) is 0 Å². The topological polar surface area (TPSA) is 87.9 Å². The summed E-state index contributed by atoms with van der Waals surface area (Å²) in [7, 11) is 0. The second-order valence-corrected chi connectivity index (χ2v) is 8.05. The first-order valence-corrected chi connectivity index (χ1v) is 10.4. The minimum atomic E-state index is -0.312. The van der Waals surface area contributed by atoms with Gasteiger partial charge in [0.2, 0.25) is 11.9 Å². The van der Waals surface area contributed by atoms with E-state index in [1.165, 1.54) is 12.5 Å². The van der Waals surface area contributed by atoms with Crippen molar-refractivity contribution in [3.8, 4) is 0 Å². The molecule has 0 bridgehead atoms. The Morgan fingerprint density at radius 1 is 1.03 bits per heavy atom. The molecule has 0 radical (unpaired) electrons. The Morgan fingerprint density at radius 3 is 2.55 bits per heavy atom. The van der Waals surface area contributed by atoms with E-state index in [0.29, 0.717) is 29.1 Å². The van der Waals surface area contributed by atoms with Gasteiger partial charge in [-0.05, 0) is 57.1 Å². The molecule has 1 aromatic carbocycles. The number of benzene rings is 1. The summed E-state index contributed by atoms with van der Waals surface area (Å²) in [5.41, 5.74) is 1.86. The maximum Gasteiger partial charge on any atom is 0.224 e. The van der Waals surface area contributed by atoms with E-state index in [4.69, 9.17) is 4.98 Å². The van der Waals surface area contributed by atoms with E-state index < -0.39 is 0 Å². The lowest BCUT2D eigenvalue weighted by Crippen LogP contribution is -2.29. The van der Waals surface area contributed by atoms with E-state index in [9.17, 15) is 9.50 Å². The predicted octanol–water partition coefficient (Wildman–Crippen LogP) is 4.15. The largest absolute Gasteiger partial charge is 0.393 e. The molecule has 152 valence electrons. The van der Waals surface area contributed by atoms with E-state index in [1.54, 1.807) is 24.4 Å². The number of halogens is 1. The molecule has 0 aliphatic heterocycles. The number of anilines is 3. The van der Waals surface area contributed by atoms with Crippen LogP contribution in [0.25, 0.3) is 11.2 Å². The van der Waals surface area contributed by atoms with Crippen LogP contribution < -0.4 is 10.6 Å². The summed E-state index contributed by atoms with van der Waals surface area (Å²) < 4.78 is 16.2. The highest BCUT2D eigenvalue weighted by atomic mass is 19.1. The molecular weight excluding hydrogens is 371 g/mol. The van der Waals surface area contributed by atoms with Crippen LogP contribution in [0.15, 0.2) is 30.5 Å². The van der Waals surface area contributed by atoms with Gasteiger partial charge >= 0.3 is 0 Å². The molecule has 2 aromatic heterocycles. The molecule has 7 nitrogen and oxygen atoms in total. The number of rotatable bonds is 5. The minimum absolute atomic E-state index is 0.191. The summed E-state index contributed by atoms with van der Waals surface area (Å²) in [5, 5.41) is 16.3. The van der Waals surface area contributed by atoms with Gasteiger partial charge in [0.15, 0.2) is 5.65 Å². The van der Waals surface area contributed by atoms with E-state index in [2.05, 4.69) is 25.2 Å². The average molecular weight is 396 g/mol. The Balaban J connectivity index is 1.47. The molecule has 0 atom stereocenters. The number of nitrogens with one attached hydrogen (secondary N) is 2. The van der Waals surface area contributed by atoms with E-state index in [0.717, 1.165) is 44.2 Å². The molecule has 5 rings (SSSR count). The number of hydrogen-bond acceptors (Lipinski definition) is 6. The van der Waals surface area contributed by atoms with Crippen LogP contribution in [0.3, 0.4) is 0 Å². The second-order valence-electron chi connectivity index (χ2n) is 8.05. The van der Waals surface area contributed by atoms with Crippen LogP contribution in [0.4, 0.5) is 22.0 Å². The molecule has 3 N–H and O–H groups in total. The fourth-order valence-electron chi connectivity index (χ4n) is 4.13. The normalized spacial score (nSPS) is 22.4. The highest BCUT2D eigenvalue weighted by Gasteiger charge is 2.27. The van der Waals surface area contributed by atoms with Gasteiger partial charge in [-0.2, -0.15) is 4.98 Å². The first kappa shape index (κ1) is 18.3. The lowest BCUT2D eigenvalue weighted by Gasteiger charge is -2.29. The highest BCUT2D eigenvalue weighted by molar-refractivity contribution is 5.76. The number of nitrogens with zero attached hydrogens (tertiary/aromatic N) is 4. The average Bonchev–Trinajstić information content (AvgIpc) is 3.02. The first-order valence-electron chi connectivity index (χ1n) is 10.4. The summed E-state index contributed by atoms with van der Waals surface area (Å²) in [6, 6.07) is 7.18. The van der Waals surface area contributed by atoms with Gasteiger partial charge in [-0.1, -0.05) is 12.1 Å². The van der Waals surface area contributed by atoms with Gasteiger partial charge in [-0.3, -0.25) is 4.57 Å². The number of aromatic nitrogens is 4. The van der Waals surface area contributed by atoms with E-state index >= 15 is 0 Å². The Kier molecular flexibility index (Phi) is 4.79. The molecule has 8 heteroatoms. The number of para-hydroxylation sites is 1. The lowest BCUT2D eigenvalue weighted by atomic mass is 9.93. The number of aliphatic hydroxyl groups is 1. The van der Waals surface area contributed by atoms with Crippen molar-refractivity contribution >= 4 is 28.7 Å². The quantitative estimate of drug-likeness (QED) is 0.601. The second kappa shape index (κ2) is 7.59. The van der Waals surface area contributed by atoms with Crippen molar-refractivity contribution in [3.63, 3.8) is 0 Å². The minimum Gasteiger partial charge on any atom is -0.393 e. The highest BCUT2D eigenvalue weighted by Crippen LogP contribution is 2.37. The van der Waals surface area contributed by atoms with Crippen LogP contribution in [-0.4, -0.2) is 36.8 Å². The van der Waals surface area contributed by atoms with Gasteiger partial charge in [0, 0.05) is 12.1 Å². The molecule has 3 aromatic rings. The van der Waals surface area contributed by atoms with Gasteiger partial charge in [0.25, 0.3) is 0 Å². The molecule has 2 aliphatic carbocycles. The molecule has 29 heavy (non-hydrogen) atoms. The SMILES string of the molecule is OC1CCC(Nc2ncc3nc(Nc4ccccc4F)n(C4CCC4)c3n2)CC1. The monoisotopic (exact) mass is 396 g/mol. The fraction of sp³-hybridized carbons (Fsp3) is 0.476. The van der Waals surface area contributed by atoms with Gasteiger partial charge in [-0.15, -0.1) is 0 Å². The third-order valence-electron chi connectivity index (χ3n) is 6.02. The van der Waals surface area contributed by atoms with Crippen LogP contribution in [0, 0.1) is 5.82 Å². The molecule has 2 heterocycles. The lowest BCUT2D eigenvalue weighted by molar-refractivity contribution is 0.126. The van der Waals surface area contributed by atoms with E-state index in [-0.39, 0.29) is 18.0 Å². The summed E-state index contributed by atoms with van der Waals surface area (Å²) in [4.78, 5) is 13.8. The Labute approximate surface area is 168 Å². The smallest absolute Gasteiger partial charge is 0.224 e. The zero-order valence-electron chi connectivity index (χ0n) is 16.2. The van der Waals surface area contributed by atoms with Crippen molar-refractivity contribution in [2.24, 2.45) is 0 Å². The van der Waals surface area contributed by atoms with Crippen molar-refractivity contribution in [3.05, 3.63) is 36.3 Å². The molecule has 2 aliphatic rings. The van der Waals surface area contributed by atoms with Crippen LogP contribution in [0.2, 0.25) is 0 Å². The number of fused-ring (bicyclic) bond motifs is 1. The van der Waals surface area contributed by atoms with Gasteiger partial charge < -0.3 is 15.7 Å². The van der Waals surface area contributed by atoms with E-state index in [1.807, 2.05) is 0 Å². The maximum absolute atomic E-state index is 14.2. The standard InChI is InChI=1S/C21H25FN6O/c22-16-6-1-2-7-17(16)25-21-26-18-12-23-20(24-13-8-10-15(29)11-9-13)27-19(18)28(21)14-4-3-5-14/h1-2,6-7,12-15,29H,3-5,8-11H2,(H,25,26)(H,23,24,27). The molecule has 0 amide bonds. The maximum atomic E-state index is 14.2. The molecule has 0 saturated heterocycles. The zero-order chi connectivity index (χ0) is 19.8. The predicted molar refractivity (Wildman–Crippen MR) is 110 cm³/mol. The summed E-state index contributed by atoms with van der Waals surface area (Å²) >= 11 is 0. The van der Waals surface area contributed by atoms with Crippen molar-refractivity contribution in [2.75, 3.05) is 10.6 Å². The Bertz CT molecular complexity index is 1010. The molecule has 0 unspecified atom stereocenters. The van der Waals surface area contributed by atoms with Crippen LogP contribution >= 0.6 is 0 Å². The third-order valence-corrected chi connectivity index (χ3v) is 6.02. The van der Waals surface area contributed by atoms with Gasteiger partial charge in [-0.25, -0.2) is 14.4 Å².